The maximum atomic E-state index is 12.9. The first-order valence-electron chi connectivity index (χ1n) is 9.72. The van der Waals surface area contributed by atoms with E-state index in [1.165, 1.54) is 5.56 Å². The molecule has 2 aromatic rings. The van der Waals surface area contributed by atoms with Crippen LogP contribution in [0, 0.1) is 12.8 Å². The average molecular weight is 351 g/mol. The standard InChI is InChI=1S/C23H29NO2/c1-3-21(26-22-12-8-7-9-18(22)2)23(25)24-15-13-20(14-16-24)17-19-10-5-4-6-11-19/h4-12,20-21H,3,13-17H2,1-2H3/t21-/m0/s1. The lowest BCUT2D eigenvalue weighted by Gasteiger charge is -2.34. The Kier molecular flexibility index (Phi) is 6.32. The second-order valence-corrected chi connectivity index (χ2v) is 7.24. The fourth-order valence-corrected chi connectivity index (χ4v) is 3.66. The van der Waals surface area contributed by atoms with Crippen LogP contribution in [0.5, 0.6) is 5.75 Å². The second kappa shape index (κ2) is 8.88. The van der Waals surface area contributed by atoms with E-state index in [1.807, 2.05) is 43.0 Å². The Labute approximate surface area is 157 Å². The van der Waals surface area contributed by atoms with Crippen molar-refractivity contribution in [2.45, 2.75) is 45.6 Å². The number of piperidine rings is 1. The summed E-state index contributed by atoms with van der Waals surface area (Å²) >= 11 is 0. The molecule has 2 aromatic carbocycles. The van der Waals surface area contributed by atoms with E-state index in [-0.39, 0.29) is 12.0 Å². The van der Waals surface area contributed by atoms with Crippen molar-refractivity contribution in [1.29, 1.82) is 0 Å². The molecule has 0 radical (unpaired) electrons. The summed E-state index contributed by atoms with van der Waals surface area (Å²) in [5.41, 5.74) is 2.46. The Morgan fingerprint density at radius 3 is 2.38 bits per heavy atom. The predicted molar refractivity (Wildman–Crippen MR) is 105 cm³/mol. The van der Waals surface area contributed by atoms with Gasteiger partial charge in [-0.1, -0.05) is 55.5 Å². The van der Waals surface area contributed by atoms with E-state index in [1.54, 1.807) is 0 Å². The van der Waals surface area contributed by atoms with Gasteiger partial charge in [-0.15, -0.1) is 0 Å². The minimum absolute atomic E-state index is 0.133. The largest absolute Gasteiger partial charge is 0.480 e. The van der Waals surface area contributed by atoms with Crippen molar-refractivity contribution in [3.05, 3.63) is 65.7 Å². The maximum absolute atomic E-state index is 12.9. The van der Waals surface area contributed by atoms with E-state index in [2.05, 4.69) is 30.3 Å². The molecule has 0 N–H and O–H groups in total. The van der Waals surface area contributed by atoms with E-state index in [0.29, 0.717) is 12.3 Å². The van der Waals surface area contributed by atoms with Crippen LogP contribution < -0.4 is 4.74 Å². The van der Waals surface area contributed by atoms with Crippen molar-refractivity contribution in [3.8, 4) is 5.75 Å². The molecule has 1 fully saturated rings. The molecule has 3 rings (SSSR count). The highest BCUT2D eigenvalue weighted by atomic mass is 16.5. The molecule has 1 saturated heterocycles. The van der Waals surface area contributed by atoms with Gasteiger partial charge in [0.1, 0.15) is 5.75 Å². The molecule has 1 aliphatic heterocycles. The monoisotopic (exact) mass is 351 g/mol. The third-order valence-electron chi connectivity index (χ3n) is 5.30. The Balaban J connectivity index is 1.54. The Bertz CT molecular complexity index is 705. The summed E-state index contributed by atoms with van der Waals surface area (Å²) in [6.45, 7) is 5.71. The van der Waals surface area contributed by atoms with Crippen molar-refractivity contribution in [1.82, 2.24) is 4.90 Å². The molecule has 0 bridgehead atoms. The molecule has 3 nitrogen and oxygen atoms in total. The molecular weight excluding hydrogens is 322 g/mol. The van der Waals surface area contributed by atoms with Gasteiger partial charge in [0.25, 0.3) is 5.91 Å². The zero-order chi connectivity index (χ0) is 18.4. The molecular formula is C23H29NO2. The first kappa shape index (κ1) is 18.5. The fraction of sp³-hybridized carbons (Fsp3) is 0.435. The predicted octanol–water partition coefficient (Wildman–Crippen LogP) is 4.63. The number of carbonyl (C=O) groups is 1. The number of rotatable bonds is 6. The van der Waals surface area contributed by atoms with Crippen LogP contribution in [-0.2, 0) is 11.2 Å². The number of hydrogen-bond donors (Lipinski definition) is 0. The molecule has 1 atom stereocenters. The third kappa shape index (κ3) is 4.66. The van der Waals surface area contributed by atoms with Crippen LogP contribution in [0.1, 0.15) is 37.3 Å². The number of para-hydroxylation sites is 1. The first-order valence-corrected chi connectivity index (χ1v) is 9.72. The van der Waals surface area contributed by atoms with Gasteiger partial charge < -0.3 is 9.64 Å². The normalized spacial score (nSPS) is 16.3. The van der Waals surface area contributed by atoms with E-state index < -0.39 is 0 Å². The summed E-state index contributed by atoms with van der Waals surface area (Å²) in [7, 11) is 0. The van der Waals surface area contributed by atoms with E-state index >= 15 is 0 Å². The number of hydrogen-bond acceptors (Lipinski definition) is 2. The molecule has 0 unspecified atom stereocenters. The van der Waals surface area contributed by atoms with Crippen LogP contribution in [0.3, 0.4) is 0 Å². The summed E-state index contributed by atoms with van der Waals surface area (Å²) in [5, 5.41) is 0. The van der Waals surface area contributed by atoms with Crippen molar-refractivity contribution in [2.75, 3.05) is 13.1 Å². The number of aryl methyl sites for hydroxylation is 1. The lowest BCUT2D eigenvalue weighted by atomic mass is 9.90. The topological polar surface area (TPSA) is 29.5 Å². The highest BCUT2D eigenvalue weighted by molar-refractivity contribution is 5.81. The lowest BCUT2D eigenvalue weighted by Crippen LogP contribution is -2.45. The zero-order valence-corrected chi connectivity index (χ0v) is 15.9. The molecule has 1 amide bonds. The highest BCUT2D eigenvalue weighted by Crippen LogP contribution is 2.24. The van der Waals surface area contributed by atoms with Crippen molar-refractivity contribution in [3.63, 3.8) is 0 Å². The van der Waals surface area contributed by atoms with E-state index in [4.69, 9.17) is 4.74 Å². The van der Waals surface area contributed by atoms with Gasteiger partial charge >= 0.3 is 0 Å². The SMILES string of the molecule is CC[C@H](Oc1ccccc1C)C(=O)N1CCC(Cc2ccccc2)CC1. The van der Waals surface area contributed by atoms with E-state index in [9.17, 15) is 4.79 Å². The van der Waals surface area contributed by atoms with Gasteiger partial charge in [0.2, 0.25) is 0 Å². The lowest BCUT2D eigenvalue weighted by molar-refractivity contribution is -0.140. The highest BCUT2D eigenvalue weighted by Gasteiger charge is 2.28. The minimum Gasteiger partial charge on any atom is -0.480 e. The summed E-state index contributed by atoms with van der Waals surface area (Å²) in [5.74, 6) is 1.61. The van der Waals surface area contributed by atoms with Crippen LogP contribution in [-0.4, -0.2) is 30.0 Å². The Morgan fingerprint density at radius 1 is 1.08 bits per heavy atom. The molecule has 0 spiro atoms. The van der Waals surface area contributed by atoms with Gasteiger partial charge in [0.05, 0.1) is 0 Å². The molecule has 0 aromatic heterocycles. The van der Waals surface area contributed by atoms with Crippen molar-refractivity contribution in [2.24, 2.45) is 5.92 Å². The number of ether oxygens (including phenoxy) is 1. The van der Waals surface area contributed by atoms with E-state index in [0.717, 1.165) is 43.7 Å². The Morgan fingerprint density at radius 2 is 1.73 bits per heavy atom. The molecule has 1 aliphatic rings. The average Bonchev–Trinajstić information content (AvgIpc) is 2.68. The number of carbonyl (C=O) groups excluding carboxylic acids is 1. The van der Waals surface area contributed by atoms with Gasteiger partial charge in [-0.05, 0) is 55.7 Å². The fourth-order valence-electron chi connectivity index (χ4n) is 3.66. The number of benzene rings is 2. The first-order chi connectivity index (χ1) is 12.7. The minimum atomic E-state index is -0.387. The summed E-state index contributed by atoms with van der Waals surface area (Å²) in [4.78, 5) is 14.9. The number of nitrogens with zero attached hydrogens (tertiary/aromatic N) is 1. The molecule has 1 heterocycles. The van der Waals surface area contributed by atoms with Gasteiger partial charge in [-0.2, -0.15) is 0 Å². The maximum Gasteiger partial charge on any atom is 0.263 e. The van der Waals surface area contributed by atoms with Gasteiger partial charge in [-0.25, -0.2) is 0 Å². The third-order valence-corrected chi connectivity index (χ3v) is 5.30. The van der Waals surface area contributed by atoms with Crippen LogP contribution in [0.2, 0.25) is 0 Å². The van der Waals surface area contributed by atoms with Crippen LogP contribution >= 0.6 is 0 Å². The summed E-state index contributed by atoms with van der Waals surface area (Å²) in [6.07, 6.45) is 3.56. The number of amides is 1. The van der Waals surface area contributed by atoms with Crippen LogP contribution in [0.4, 0.5) is 0 Å². The van der Waals surface area contributed by atoms with Gasteiger partial charge in [0.15, 0.2) is 6.10 Å². The van der Waals surface area contributed by atoms with Crippen LogP contribution in [0.25, 0.3) is 0 Å². The van der Waals surface area contributed by atoms with Crippen molar-refractivity contribution < 1.29 is 9.53 Å². The summed E-state index contributed by atoms with van der Waals surface area (Å²) in [6, 6.07) is 18.5. The molecule has 3 heteroatoms. The van der Waals surface area contributed by atoms with Crippen LogP contribution in [0.15, 0.2) is 54.6 Å². The smallest absolute Gasteiger partial charge is 0.263 e. The summed E-state index contributed by atoms with van der Waals surface area (Å²) < 4.78 is 6.04. The zero-order valence-electron chi connectivity index (χ0n) is 15.9. The molecule has 138 valence electrons. The van der Waals surface area contributed by atoms with Gasteiger partial charge in [-0.3, -0.25) is 4.79 Å². The molecule has 26 heavy (non-hydrogen) atoms. The second-order valence-electron chi connectivity index (χ2n) is 7.24. The van der Waals surface area contributed by atoms with Gasteiger partial charge in [0, 0.05) is 13.1 Å². The van der Waals surface area contributed by atoms with Crippen molar-refractivity contribution >= 4 is 5.91 Å². The number of likely N-dealkylation sites (tertiary alicyclic amines) is 1. The quantitative estimate of drug-likeness (QED) is 0.759. The molecule has 0 saturated carbocycles. The Hall–Kier alpha value is -2.29. The molecule has 0 aliphatic carbocycles.